The van der Waals surface area contributed by atoms with Crippen LogP contribution in [0, 0.1) is 0 Å². The smallest absolute Gasteiger partial charge is 0.337 e. The summed E-state index contributed by atoms with van der Waals surface area (Å²) >= 11 is -1.97. The van der Waals surface area contributed by atoms with Crippen LogP contribution < -0.4 is 0 Å². The van der Waals surface area contributed by atoms with Crippen LogP contribution in [0.25, 0.3) is 11.1 Å². The minimum Gasteiger partial charge on any atom is -0.465 e. The minimum atomic E-state index is -1.97. The quantitative estimate of drug-likeness (QED) is 0.691. The first-order chi connectivity index (χ1) is 9.11. The number of carbonyl (C=O) groups excluding carboxylic acids is 1. The second-order valence-corrected chi connectivity index (χ2v) is 4.81. The average molecular weight is 276 g/mol. The summed E-state index contributed by atoms with van der Waals surface area (Å²) in [5.41, 5.74) is 2.31. The van der Waals surface area contributed by atoms with Crippen LogP contribution in [0.1, 0.15) is 10.4 Å². The SMILES string of the molecule is COC(=O)c1ccc(-c2ccc(S(=O)O)cc2)cc1. The molecule has 0 radical (unpaired) electrons. The summed E-state index contributed by atoms with van der Waals surface area (Å²) in [6.45, 7) is 0. The third-order valence-corrected chi connectivity index (χ3v) is 3.37. The fourth-order valence-corrected chi connectivity index (χ4v) is 2.05. The highest BCUT2D eigenvalue weighted by Gasteiger charge is 2.06. The molecule has 1 N–H and O–H groups in total. The van der Waals surface area contributed by atoms with Gasteiger partial charge in [-0.2, -0.15) is 0 Å². The average Bonchev–Trinajstić information content (AvgIpc) is 2.46. The molecule has 0 aromatic heterocycles. The van der Waals surface area contributed by atoms with Crippen molar-refractivity contribution >= 4 is 17.0 Å². The molecular formula is C14H12O4S. The molecule has 2 aromatic carbocycles. The predicted octanol–water partition coefficient (Wildman–Crippen LogP) is 2.72. The molecule has 0 heterocycles. The van der Waals surface area contributed by atoms with Crippen molar-refractivity contribution in [2.75, 3.05) is 7.11 Å². The molecule has 2 aromatic rings. The standard InChI is InChI=1S/C14H12O4S/c1-18-14(15)12-4-2-10(3-5-12)11-6-8-13(9-7-11)19(16)17/h2-9H,1H3,(H,16,17). The number of benzene rings is 2. The van der Waals surface area contributed by atoms with Gasteiger partial charge in [-0.05, 0) is 35.4 Å². The Morgan fingerprint density at radius 2 is 1.47 bits per heavy atom. The van der Waals surface area contributed by atoms with Crippen LogP contribution in [0.3, 0.4) is 0 Å². The summed E-state index contributed by atoms with van der Waals surface area (Å²) in [7, 11) is 1.34. The largest absolute Gasteiger partial charge is 0.465 e. The molecule has 5 heteroatoms. The van der Waals surface area contributed by atoms with Crippen LogP contribution >= 0.6 is 0 Å². The van der Waals surface area contributed by atoms with E-state index in [1.807, 2.05) is 0 Å². The Labute approximate surface area is 113 Å². The Kier molecular flexibility index (Phi) is 4.09. The van der Waals surface area contributed by atoms with Crippen molar-refractivity contribution in [2.24, 2.45) is 0 Å². The van der Waals surface area contributed by atoms with Gasteiger partial charge in [-0.3, -0.25) is 0 Å². The van der Waals surface area contributed by atoms with Crippen molar-refractivity contribution in [1.82, 2.24) is 0 Å². The third kappa shape index (κ3) is 3.07. The molecule has 0 amide bonds. The van der Waals surface area contributed by atoms with Gasteiger partial charge in [0, 0.05) is 0 Å². The zero-order valence-corrected chi connectivity index (χ0v) is 11.0. The van der Waals surface area contributed by atoms with Crippen molar-refractivity contribution in [2.45, 2.75) is 4.90 Å². The molecule has 1 unspecified atom stereocenters. The van der Waals surface area contributed by atoms with Gasteiger partial charge in [-0.15, -0.1) is 0 Å². The first kappa shape index (κ1) is 13.5. The summed E-state index contributed by atoms with van der Waals surface area (Å²) < 4.78 is 24.4. The van der Waals surface area contributed by atoms with Crippen molar-refractivity contribution < 1.29 is 18.3 Å². The van der Waals surface area contributed by atoms with E-state index in [4.69, 9.17) is 4.55 Å². The number of rotatable bonds is 3. The number of carbonyl (C=O) groups is 1. The van der Waals surface area contributed by atoms with Crippen LogP contribution in [-0.2, 0) is 15.8 Å². The summed E-state index contributed by atoms with van der Waals surface area (Å²) in [4.78, 5) is 11.7. The maximum Gasteiger partial charge on any atom is 0.337 e. The van der Waals surface area contributed by atoms with Crippen LogP contribution in [0.4, 0.5) is 0 Å². The van der Waals surface area contributed by atoms with Crippen LogP contribution in [-0.4, -0.2) is 21.8 Å². The number of hydrogen-bond donors (Lipinski definition) is 1. The van der Waals surface area contributed by atoms with Gasteiger partial charge in [0.25, 0.3) is 0 Å². The minimum absolute atomic E-state index is 0.356. The van der Waals surface area contributed by atoms with Crippen LogP contribution in [0.2, 0.25) is 0 Å². The molecule has 0 aliphatic heterocycles. The Hall–Kier alpha value is -1.98. The van der Waals surface area contributed by atoms with Gasteiger partial charge in [0.15, 0.2) is 11.1 Å². The molecule has 0 saturated carbocycles. The van der Waals surface area contributed by atoms with E-state index in [9.17, 15) is 9.00 Å². The van der Waals surface area contributed by atoms with E-state index in [1.165, 1.54) is 7.11 Å². The van der Waals surface area contributed by atoms with Gasteiger partial charge in [-0.1, -0.05) is 24.3 Å². The Morgan fingerprint density at radius 3 is 1.89 bits per heavy atom. The molecule has 19 heavy (non-hydrogen) atoms. The van der Waals surface area contributed by atoms with Gasteiger partial charge >= 0.3 is 5.97 Å². The lowest BCUT2D eigenvalue weighted by Crippen LogP contribution is -2.00. The van der Waals surface area contributed by atoms with Gasteiger partial charge < -0.3 is 9.29 Å². The first-order valence-electron chi connectivity index (χ1n) is 5.51. The second kappa shape index (κ2) is 5.77. The summed E-state index contributed by atoms with van der Waals surface area (Å²) in [5, 5.41) is 0. The Morgan fingerprint density at radius 1 is 1.00 bits per heavy atom. The van der Waals surface area contributed by atoms with Crippen molar-refractivity contribution in [3.05, 3.63) is 54.1 Å². The van der Waals surface area contributed by atoms with Crippen LogP contribution in [0.5, 0.6) is 0 Å². The molecule has 2 rings (SSSR count). The van der Waals surface area contributed by atoms with Gasteiger partial charge in [0.1, 0.15) is 0 Å². The highest BCUT2D eigenvalue weighted by molar-refractivity contribution is 7.79. The van der Waals surface area contributed by atoms with Crippen LogP contribution in [0.15, 0.2) is 53.4 Å². The highest BCUT2D eigenvalue weighted by Crippen LogP contribution is 2.21. The molecule has 0 bridgehead atoms. The van der Waals surface area contributed by atoms with E-state index in [0.29, 0.717) is 10.5 Å². The summed E-state index contributed by atoms with van der Waals surface area (Å²) in [6, 6.07) is 13.7. The number of ether oxygens (including phenoxy) is 1. The molecule has 0 saturated heterocycles. The van der Waals surface area contributed by atoms with Gasteiger partial charge in [-0.25, -0.2) is 9.00 Å². The van der Waals surface area contributed by atoms with E-state index >= 15 is 0 Å². The fourth-order valence-electron chi connectivity index (χ4n) is 1.68. The third-order valence-electron chi connectivity index (χ3n) is 2.70. The lowest BCUT2D eigenvalue weighted by Gasteiger charge is -2.04. The predicted molar refractivity (Wildman–Crippen MR) is 72.3 cm³/mol. The van der Waals surface area contributed by atoms with Crippen molar-refractivity contribution in [3.63, 3.8) is 0 Å². The normalized spacial score (nSPS) is 11.9. The fraction of sp³-hybridized carbons (Fsp3) is 0.0714. The summed E-state index contributed by atoms with van der Waals surface area (Å²) in [5.74, 6) is -0.377. The molecule has 0 fully saturated rings. The molecule has 98 valence electrons. The summed E-state index contributed by atoms with van der Waals surface area (Å²) in [6.07, 6.45) is 0. The number of methoxy groups -OCH3 is 1. The Bertz CT molecular complexity index is 602. The lowest BCUT2D eigenvalue weighted by atomic mass is 10.0. The highest BCUT2D eigenvalue weighted by atomic mass is 32.2. The number of esters is 1. The van der Waals surface area contributed by atoms with Gasteiger partial charge in [0.05, 0.1) is 17.6 Å². The topological polar surface area (TPSA) is 63.6 Å². The van der Waals surface area contributed by atoms with E-state index in [0.717, 1.165) is 11.1 Å². The van der Waals surface area contributed by atoms with E-state index < -0.39 is 11.1 Å². The maximum atomic E-state index is 11.3. The van der Waals surface area contributed by atoms with E-state index in [-0.39, 0.29) is 5.97 Å². The van der Waals surface area contributed by atoms with Gasteiger partial charge in [0.2, 0.25) is 0 Å². The maximum absolute atomic E-state index is 11.3. The lowest BCUT2D eigenvalue weighted by molar-refractivity contribution is 0.0601. The molecule has 1 atom stereocenters. The van der Waals surface area contributed by atoms with E-state index in [2.05, 4.69) is 4.74 Å². The number of hydrogen-bond acceptors (Lipinski definition) is 3. The molecule has 0 spiro atoms. The van der Waals surface area contributed by atoms with Crippen molar-refractivity contribution in [3.8, 4) is 11.1 Å². The molecular weight excluding hydrogens is 264 g/mol. The van der Waals surface area contributed by atoms with E-state index in [1.54, 1.807) is 48.5 Å². The molecule has 4 nitrogen and oxygen atoms in total. The molecule has 0 aliphatic carbocycles. The second-order valence-electron chi connectivity index (χ2n) is 3.84. The zero-order valence-electron chi connectivity index (χ0n) is 10.2. The first-order valence-corrected chi connectivity index (χ1v) is 6.62. The van der Waals surface area contributed by atoms with Crippen molar-refractivity contribution in [1.29, 1.82) is 0 Å². The Balaban J connectivity index is 2.27. The monoisotopic (exact) mass is 276 g/mol. The molecule has 0 aliphatic rings. The zero-order chi connectivity index (χ0) is 13.8.